The lowest BCUT2D eigenvalue weighted by atomic mass is 9.73. The molecule has 0 aromatic carbocycles. The molecule has 0 aromatic heterocycles. The predicted octanol–water partition coefficient (Wildman–Crippen LogP) is -0.134. The van der Waals surface area contributed by atoms with Gasteiger partial charge in [-0.15, -0.1) is 0 Å². The fourth-order valence-electron chi connectivity index (χ4n) is 6.11. The second-order valence-electron chi connectivity index (χ2n) is 10.4. The molecule has 6 unspecified atom stereocenters. The minimum Gasteiger partial charge on any atom is -0.381 e. The number of nitrogens with one attached hydrogen (secondary N) is 6. The van der Waals surface area contributed by atoms with Crippen molar-refractivity contribution < 1.29 is 24.1 Å². The standard InChI is InChI=1S/C23H41N7O6/c1-35-15-8-6-14(7-9-15)21-26-19(36-29-21)11-10-18(31)24-12-3-13-25-22-20-16(23(32)28-27-22)4-2-5-17(20)30(33)34/h14-17,19-22,25-27,29H,2-13H2,1H3,(H,24,31)(H,28,32). The SMILES string of the molecule is COC1CCC(C2NOC(CCC(=O)NCCCNC3NNC(=O)C4CCCC([N+](=O)[O-])C34)N2)CC1. The number of nitrogens with zero attached hydrogens (tertiary/aromatic N) is 1. The first-order valence-electron chi connectivity index (χ1n) is 13.3. The molecular formula is C23H41N7O6. The second kappa shape index (κ2) is 13.1. The minimum atomic E-state index is -0.736. The Labute approximate surface area is 211 Å². The summed E-state index contributed by atoms with van der Waals surface area (Å²) >= 11 is 0. The Morgan fingerprint density at radius 3 is 2.75 bits per heavy atom. The van der Waals surface area contributed by atoms with E-state index in [0.717, 1.165) is 25.7 Å². The number of ether oxygens (including phenoxy) is 1. The van der Waals surface area contributed by atoms with Gasteiger partial charge in [0.2, 0.25) is 17.9 Å². The first-order chi connectivity index (χ1) is 17.5. The molecule has 2 saturated heterocycles. The number of amides is 2. The fourth-order valence-corrected chi connectivity index (χ4v) is 6.11. The molecule has 6 atom stereocenters. The van der Waals surface area contributed by atoms with Crippen LogP contribution in [-0.2, 0) is 19.2 Å². The molecule has 36 heavy (non-hydrogen) atoms. The summed E-state index contributed by atoms with van der Waals surface area (Å²) in [5, 5.41) is 21.2. The third kappa shape index (κ3) is 6.90. The van der Waals surface area contributed by atoms with Gasteiger partial charge < -0.3 is 15.4 Å². The molecule has 0 aromatic rings. The van der Waals surface area contributed by atoms with Gasteiger partial charge in [-0.2, -0.15) is 5.48 Å². The van der Waals surface area contributed by atoms with Crippen molar-refractivity contribution >= 4 is 11.8 Å². The summed E-state index contributed by atoms with van der Waals surface area (Å²) in [6, 6.07) is -0.736. The molecule has 0 spiro atoms. The molecule has 204 valence electrons. The summed E-state index contributed by atoms with van der Waals surface area (Å²) < 4.78 is 5.44. The number of carbonyl (C=O) groups is 2. The maximum Gasteiger partial charge on any atom is 0.237 e. The summed E-state index contributed by atoms with van der Waals surface area (Å²) in [4.78, 5) is 41.4. The maximum atomic E-state index is 12.3. The Balaban J connectivity index is 1.09. The molecule has 4 fully saturated rings. The lowest BCUT2D eigenvalue weighted by Crippen LogP contribution is -2.67. The monoisotopic (exact) mass is 511 g/mol. The number of nitro groups is 1. The van der Waals surface area contributed by atoms with Gasteiger partial charge in [-0.3, -0.25) is 35.3 Å². The zero-order valence-electron chi connectivity index (χ0n) is 21.0. The van der Waals surface area contributed by atoms with Gasteiger partial charge in [-0.05, 0) is 63.8 Å². The molecule has 0 radical (unpaired) electrons. The normalized spacial score (nSPS) is 36.6. The molecule has 2 saturated carbocycles. The Hall–Kier alpha value is -1.90. The number of hydrogen-bond donors (Lipinski definition) is 6. The summed E-state index contributed by atoms with van der Waals surface area (Å²) in [5.74, 6) is -0.443. The highest BCUT2D eigenvalue weighted by molar-refractivity contribution is 5.79. The molecular weight excluding hydrogens is 470 g/mol. The van der Waals surface area contributed by atoms with E-state index in [0.29, 0.717) is 63.6 Å². The van der Waals surface area contributed by atoms with Crippen LogP contribution < -0.4 is 32.3 Å². The Kier molecular flexibility index (Phi) is 9.85. The van der Waals surface area contributed by atoms with Crippen molar-refractivity contribution in [3.05, 3.63) is 10.1 Å². The van der Waals surface area contributed by atoms with Crippen molar-refractivity contribution in [3.8, 4) is 0 Å². The van der Waals surface area contributed by atoms with E-state index in [1.54, 1.807) is 7.11 Å². The third-order valence-corrected chi connectivity index (χ3v) is 8.17. The number of methoxy groups -OCH3 is 1. The molecule has 2 aliphatic heterocycles. The van der Waals surface area contributed by atoms with Crippen molar-refractivity contribution in [2.45, 2.75) is 94.9 Å². The van der Waals surface area contributed by atoms with Crippen LogP contribution in [-0.4, -0.2) is 67.6 Å². The van der Waals surface area contributed by atoms with E-state index in [4.69, 9.17) is 9.57 Å². The second-order valence-corrected chi connectivity index (χ2v) is 10.4. The van der Waals surface area contributed by atoms with Crippen LogP contribution in [0.5, 0.6) is 0 Å². The highest BCUT2D eigenvalue weighted by Gasteiger charge is 2.50. The molecule has 6 N–H and O–H groups in total. The third-order valence-electron chi connectivity index (χ3n) is 8.17. The van der Waals surface area contributed by atoms with Crippen LogP contribution >= 0.6 is 0 Å². The van der Waals surface area contributed by atoms with E-state index >= 15 is 0 Å². The van der Waals surface area contributed by atoms with Crippen molar-refractivity contribution in [2.75, 3.05) is 20.2 Å². The van der Waals surface area contributed by atoms with Crippen molar-refractivity contribution in [2.24, 2.45) is 17.8 Å². The zero-order chi connectivity index (χ0) is 25.5. The van der Waals surface area contributed by atoms with Gasteiger partial charge >= 0.3 is 0 Å². The molecule has 2 amide bonds. The number of hydrazine groups is 1. The number of hydrogen-bond acceptors (Lipinski definition) is 10. The lowest BCUT2D eigenvalue weighted by Gasteiger charge is -2.42. The summed E-state index contributed by atoms with van der Waals surface area (Å²) in [6.07, 6.45) is 7.67. The van der Waals surface area contributed by atoms with Gasteiger partial charge in [0, 0.05) is 31.4 Å². The molecule has 4 aliphatic rings. The van der Waals surface area contributed by atoms with Crippen LogP contribution in [0.25, 0.3) is 0 Å². The van der Waals surface area contributed by atoms with E-state index in [-0.39, 0.29) is 47.1 Å². The van der Waals surface area contributed by atoms with E-state index in [1.807, 2.05) is 0 Å². The van der Waals surface area contributed by atoms with Crippen LogP contribution in [0.4, 0.5) is 0 Å². The van der Waals surface area contributed by atoms with Gasteiger partial charge in [0.15, 0.2) is 0 Å². The van der Waals surface area contributed by atoms with Crippen LogP contribution in [0.2, 0.25) is 0 Å². The number of hydroxylamine groups is 1. The summed E-state index contributed by atoms with van der Waals surface area (Å²) in [6.45, 7) is 1.06. The minimum absolute atomic E-state index is 0.0340. The Morgan fingerprint density at radius 2 is 2.00 bits per heavy atom. The molecule has 13 heteroatoms. The van der Waals surface area contributed by atoms with Crippen molar-refractivity contribution in [1.82, 2.24) is 32.3 Å². The van der Waals surface area contributed by atoms with Crippen LogP contribution in [0, 0.1) is 27.9 Å². The number of carbonyl (C=O) groups excluding carboxylic acids is 2. The molecule has 13 nitrogen and oxygen atoms in total. The summed E-state index contributed by atoms with van der Waals surface area (Å²) in [5.41, 5.74) is 8.64. The van der Waals surface area contributed by atoms with Crippen LogP contribution in [0.1, 0.15) is 64.2 Å². The quantitative estimate of drug-likeness (QED) is 0.125. The zero-order valence-corrected chi connectivity index (χ0v) is 21.0. The van der Waals surface area contributed by atoms with E-state index in [9.17, 15) is 19.7 Å². The molecule has 2 aliphatic carbocycles. The van der Waals surface area contributed by atoms with Gasteiger partial charge in [0.25, 0.3) is 0 Å². The van der Waals surface area contributed by atoms with Crippen LogP contribution in [0.3, 0.4) is 0 Å². The van der Waals surface area contributed by atoms with Gasteiger partial charge in [0.1, 0.15) is 6.23 Å². The average molecular weight is 512 g/mol. The molecule has 0 bridgehead atoms. The first-order valence-corrected chi connectivity index (χ1v) is 13.3. The van der Waals surface area contributed by atoms with Crippen molar-refractivity contribution in [1.29, 1.82) is 0 Å². The highest BCUT2D eigenvalue weighted by atomic mass is 16.7. The summed E-state index contributed by atoms with van der Waals surface area (Å²) in [7, 11) is 1.77. The van der Waals surface area contributed by atoms with Crippen LogP contribution in [0.15, 0.2) is 0 Å². The smallest absolute Gasteiger partial charge is 0.237 e. The lowest BCUT2D eigenvalue weighted by molar-refractivity contribution is -0.539. The fraction of sp³-hybridized carbons (Fsp3) is 0.913. The molecule has 2 heterocycles. The topological polar surface area (TPSA) is 168 Å². The van der Waals surface area contributed by atoms with E-state index in [2.05, 4.69) is 32.3 Å². The number of fused-ring (bicyclic) bond motifs is 1. The Bertz CT molecular complexity index is 759. The van der Waals surface area contributed by atoms with Gasteiger partial charge in [-0.1, -0.05) is 0 Å². The van der Waals surface area contributed by atoms with E-state index < -0.39 is 6.04 Å². The largest absolute Gasteiger partial charge is 0.381 e. The Morgan fingerprint density at radius 1 is 1.19 bits per heavy atom. The van der Waals surface area contributed by atoms with Gasteiger partial charge in [-0.25, -0.2) is 5.43 Å². The van der Waals surface area contributed by atoms with Gasteiger partial charge in [0.05, 0.1) is 30.3 Å². The average Bonchev–Trinajstić information content (AvgIpc) is 3.37. The predicted molar refractivity (Wildman–Crippen MR) is 129 cm³/mol. The highest BCUT2D eigenvalue weighted by Crippen LogP contribution is 2.35. The first kappa shape index (κ1) is 27.1. The van der Waals surface area contributed by atoms with Crippen molar-refractivity contribution in [3.63, 3.8) is 0 Å². The maximum absolute atomic E-state index is 12.3. The van der Waals surface area contributed by atoms with E-state index in [1.165, 1.54) is 0 Å². The molecule has 4 rings (SSSR count). The number of rotatable bonds is 11.